The molecule has 2 heteroatoms. The fourth-order valence-corrected chi connectivity index (χ4v) is 2.42. The summed E-state index contributed by atoms with van der Waals surface area (Å²) in [6.45, 7) is 6.26. The van der Waals surface area contributed by atoms with Crippen molar-refractivity contribution in [3.63, 3.8) is 0 Å². The van der Waals surface area contributed by atoms with E-state index in [0.29, 0.717) is 5.02 Å². The van der Waals surface area contributed by atoms with Crippen molar-refractivity contribution in [2.24, 2.45) is 0 Å². The molecular weight excluding hydrogens is 232 g/mol. The van der Waals surface area contributed by atoms with Gasteiger partial charge in [0.25, 0.3) is 0 Å². The van der Waals surface area contributed by atoms with E-state index in [1.165, 1.54) is 22.3 Å². The Labute approximate surface area is 107 Å². The van der Waals surface area contributed by atoms with Crippen LogP contribution in [0.3, 0.4) is 0 Å². The smallest absolute Gasteiger partial charge is 0.134 e. The van der Waals surface area contributed by atoms with Gasteiger partial charge in [0.2, 0.25) is 0 Å². The van der Waals surface area contributed by atoms with Crippen molar-refractivity contribution in [2.75, 3.05) is 0 Å². The lowest BCUT2D eigenvalue weighted by Crippen LogP contribution is -1.90. The van der Waals surface area contributed by atoms with Gasteiger partial charge in [-0.15, -0.1) is 0 Å². The van der Waals surface area contributed by atoms with E-state index in [0.717, 1.165) is 5.56 Å². The molecule has 0 saturated heterocycles. The number of phenols is 1. The Kier molecular flexibility index (Phi) is 3.12. The van der Waals surface area contributed by atoms with Crippen molar-refractivity contribution in [3.8, 4) is 16.9 Å². The van der Waals surface area contributed by atoms with Crippen LogP contribution >= 0.6 is 11.6 Å². The second-order valence-electron chi connectivity index (χ2n) is 4.44. The van der Waals surface area contributed by atoms with Crippen LogP contribution in [0.4, 0.5) is 0 Å². The second-order valence-corrected chi connectivity index (χ2v) is 4.85. The first-order chi connectivity index (χ1) is 7.99. The van der Waals surface area contributed by atoms with Crippen LogP contribution in [-0.2, 0) is 0 Å². The molecule has 1 nitrogen and oxygen atoms in total. The molecule has 0 saturated carbocycles. The van der Waals surface area contributed by atoms with E-state index in [1.54, 1.807) is 12.1 Å². The van der Waals surface area contributed by atoms with Gasteiger partial charge in [-0.25, -0.2) is 0 Å². The van der Waals surface area contributed by atoms with Crippen LogP contribution in [0, 0.1) is 20.8 Å². The number of hydrogen-bond donors (Lipinski definition) is 1. The zero-order valence-electron chi connectivity index (χ0n) is 10.2. The SMILES string of the molecule is Cc1cc(C)c(-c2ccc(Cl)c(O)c2)c(C)c1. The molecule has 88 valence electrons. The van der Waals surface area contributed by atoms with E-state index in [2.05, 4.69) is 32.9 Å². The number of halogens is 1. The van der Waals surface area contributed by atoms with E-state index in [1.807, 2.05) is 6.07 Å². The van der Waals surface area contributed by atoms with Crippen LogP contribution < -0.4 is 0 Å². The number of aryl methyl sites for hydroxylation is 3. The Morgan fingerprint density at radius 3 is 2.06 bits per heavy atom. The summed E-state index contributed by atoms with van der Waals surface area (Å²) in [5.41, 5.74) is 5.85. The van der Waals surface area contributed by atoms with Crippen LogP contribution in [-0.4, -0.2) is 5.11 Å². The minimum Gasteiger partial charge on any atom is -0.506 e. The molecule has 0 bridgehead atoms. The minimum atomic E-state index is 0.128. The van der Waals surface area contributed by atoms with E-state index in [9.17, 15) is 5.11 Å². The Morgan fingerprint density at radius 1 is 0.941 bits per heavy atom. The number of benzene rings is 2. The summed E-state index contributed by atoms with van der Waals surface area (Å²) in [6, 6.07) is 9.67. The van der Waals surface area contributed by atoms with Gasteiger partial charge in [0.05, 0.1) is 5.02 Å². The summed E-state index contributed by atoms with van der Waals surface area (Å²) in [4.78, 5) is 0. The first kappa shape index (κ1) is 12.0. The van der Waals surface area contributed by atoms with E-state index in [-0.39, 0.29) is 5.75 Å². The Balaban J connectivity index is 2.64. The molecule has 17 heavy (non-hydrogen) atoms. The average Bonchev–Trinajstić information content (AvgIpc) is 2.21. The molecule has 1 N–H and O–H groups in total. The van der Waals surface area contributed by atoms with E-state index >= 15 is 0 Å². The van der Waals surface area contributed by atoms with Crippen LogP contribution in [0.15, 0.2) is 30.3 Å². The molecular formula is C15H15ClO. The quantitative estimate of drug-likeness (QED) is 0.777. The van der Waals surface area contributed by atoms with Gasteiger partial charge in [0.15, 0.2) is 0 Å². The summed E-state index contributed by atoms with van der Waals surface area (Å²) in [5.74, 6) is 0.128. The molecule has 0 fully saturated rings. The van der Waals surface area contributed by atoms with Crippen LogP contribution in [0.5, 0.6) is 5.75 Å². The lowest BCUT2D eigenvalue weighted by Gasteiger charge is -2.12. The molecule has 0 spiro atoms. The summed E-state index contributed by atoms with van der Waals surface area (Å²) in [5, 5.41) is 10.1. The summed E-state index contributed by atoms with van der Waals surface area (Å²) in [6.07, 6.45) is 0. The average molecular weight is 247 g/mol. The molecule has 0 aliphatic rings. The fraction of sp³-hybridized carbons (Fsp3) is 0.200. The molecule has 2 aromatic rings. The monoisotopic (exact) mass is 246 g/mol. The summed E-state index contributed by atoms with van der Waals surface area (Å²) in [7, 11) is 0. The number of rotatable bonds is 1. The van der Waals surface area contributed by atoms with Crippen molar-refractivity contribution in [1.82, 2.24) is 0 Å². The molecule has 0 amide bonds. The zero-order chi connectivity index (χ0) is 12.6. The Morgan fingerprint density at radius 2 is 1.53 bits per heavy atom. The minimum absolute atomic E-state index is 0.128. The van der Waals surface area contributed by atoms with Gasteiger partial charge in [-0.2, -0.15) is 0 Å². The molecule has 2 aromatic carbocycles. The third-order valence-corrected chi connectivity index (χ3v) is 3.23. The van der Waals surface area contributed by atoms with Crippen LogP contribution in [0.2, 0.25) is 5.02 Å². The highest BCUT2D eigenvalue weighted by Gasteiger charge is 2.08. The summed E-state index contributed by atoms with van der Waals surface area (Å²) < 4.78 is 0. The molecule has 0 radical (unpaired) electrons. The van der Waals surface area contributed by atoms with Crippen LogP contribution in [0.1, 0.15) is 16.7 Å². The lowest BCUT2D eigenvalue weighted by molar-refractivity contribution is 0.476. The van der Waals surface area contributed by atoms with Crippen molar-refractivity contribution >= 4 is 11.6 Å². The predicted octanol–water partition coefficient (Wildman–Crippen LogP) is 4.64. The second kappa shape index (κ2) is 4.42. The van der Waals surface area contributed by atoms with Gasteiger partial charge in [-0.1, -0.05) is 35.4 Å². The van der Waals surface area contributed by atoms with Gasteiger partial charge < -0.3 is 5.11 Å². The first-order valence-corrected chi connectivity index (χ1v) is 5.93. The number of hydrogen-bond acceptors (Lipinski definition) is 1. The third kappa shape index (κ3) is 2.29. The fourth-order valence-electron chi connectivity index (χ4n) is 2.30. The Bertz CT molecular complexity index is 550. The lowest BCUT2D eigenvalue weighted by atomic mass is 9.94. The molecule has 0 atom stereocenters. The highest BCUT2D eigenvalue weighted by molar-refractivity contribution is 6.32. The van der Waals surface area contributed by atoms with Gasteiger partial charge in [-0.3, -0.25) is 0 Å². The van der Waals surface area contributed by atoms with E-state index < -0.39 is 0 Å². The first-order valence-electron chi connectivity index (χ1n) is 5.56. The molecule has 0 aromatic heterocycles. The largest absolute Gasteiger partial charge is 0.506 e. The zero-order valence-corrected chi connectivity index (χ0v) is 11.0. The topological polar surface area (TPSA) is 20.2 Å². The molecule has 0 unspecified atom stereocenters. The summed E-state index contributed by atoms with van der Waals surface area (Å²) >= 11 is 5.82. The highest BCUT2D eigenvalue weighted by Crippen LogP contribution is 2.33. The third-order valence-electron chi connectivity index (χ3n) is 2.91. The highest BCUT2D eigenvalue weighted by atomic mass is 35.5. The maximum atomic E-state index is 9.67. The predicted molar refractivity (Wildman–Crippen MR) is 72.8 cm³/mol. The van der Waals surface area contributed by atoms with Crippen molar-refractivity contribution < 1.29 is 5.11 Å². The maximum absolute atomic E-state index is 9.67. The van der Waals surface area contributed by atoms with E-state index in [4.69, 9.17) is 11.6 Å². The van der Waals surface area contributed by atoms with Gasteiger partial charge in [0.1, 0.15) is 5.75 Å². The molecule has 0 aliphatic carbocycles. The number of aromatic hydroxyl groups is 1. The van der Waals surface area contributed by atoms with Crippen LogP contribution in [0.25, 0.3) is 11.1 Å². The van der Waals surface area contributed by atoms with Gasteiger partial charge in [0, 0.05) is 0 Å². The molecule has 0 aliphatic heterocycles. The van der Waals surface area contributed by atoms with Gasteiger partial charge >= 0.3 is 0 Å². The van der Waals surface area contributed by atoms with Crippen molar-refractivity contribution in [2.45, 2.75) is 20.8 Å². The Hall–Kier alpha value is -1.47. The number of phenolic OH excluding ortho intramolecular Hbond substituents is 1. The normalized spacial score (nSPS) is 10.6. The molecule has 2 rings (SSSR count). The van der Waals surface area contributed by atoms with Gasteiger partial charge in [-0.05, 0) is 55.2 Å². The maximum Gasteiger partial charge on any atom is 0.134 e. The van der Waals surface area contributed by atoms with Crippen molar-refractivity contribution in [3.05, 3.63) is 52.0 Å². The van der Waals surface area contributed by atoms with Crippen molar-refractivity contribution in [1.29, 1.82) is 0 Å². The molecule has 0 heterocycles. The standard InChI is InChI=1S/C15H15ClO/c1-9-6-10(2)15(11(3)7-9)12-4-5-13(16)14(17)8-12/h4-8,17H,1-3H3.